The Kier molecular flexibility index (Phi) is 4.06. The fourth-order valence-electron chi connectivity index (χ4n) is 2.46. The zero-order valence-electron chi connectivity index (χ0n) is 10.9. The van der Waals surface area contributed by atoms with E-state index < -0.39 is 0 Å². The zero-order chi connectivity index (χ0) is 12.3. The average Bonchev–Trinajstić information content (AvgIpc) is 2.33. The number of hydrogen-bond donors (Lipinski definition) is 2. The predicted molar refractivity (Wildman–Crippen MR) is 72.4 cm³/mol. The molecule has 0 aliphatic heterocycles. The molecule has 1 aliphatic carbocycles. The van der Waals surface area contributed by atoms with Gasteiger partial charge in [0.15, 0.2) is 0 Å². The summed E-state index contributed by atoms with van der Waals surface area (Å²) in [5.74, 6) is 0.722. The van der Waals surface area contributed by atoms with E-state index in [1.807, 2.05) is 0 Å². The Morgan fingerprint density at radius 1 is 1.12 bits per heavy atom. The molecule has 0 atom stereocenters. The molecule has 1 aromatic carbocycles. The lowest BCUT2D eigenvalue weighted by molar-refractivity contribution is 0.111. The SMILES string of the molecule is Cc1ccc(NCC2CCC(O)CC2)cc1C. The first-order chi connectivity index (χ1) is 8.15. The van der Waals surface area contributed by atoms with Gasteiger partial charge in [0.25, 0.3) is 0 Å². The Morgan fingerprint density at radius 3 is 2.47 bits per heavy atom. The van der Waals surface area contributed by atoms with Gasteiger partial charge in [-0.15, -0.1) is 0 Å². The number of rotatable bonds is 3. The molecule has 94 valence electrons. The molecule has 0 amide bonds. The molecule has 2 N–H and O–H groups in total. The quantitative estimate of drug-likeness (QED) is 0.840. The van der Waals surface area contributed by atoms with E-state index in [1.165, 1.54) is 16.8 Å². The second kappa shape index (κ2) is 5.54. The van der Waals surface area contributed by atoms with Crippen LogP contribution in [0.5, 0.6) is 0 Å². The summed E-state index contributed by atoms with van der Waals surface area (Å²) < 4.78 is 0. The second-order valence-electron chi connectivity index (χ2n) is 5.35. The summed E-state index contributed by atoms with van der Waals surface area (Å²) in [4.78, 5) is 0. The lowest BCUT2D eigenvalue weighted by Gasteiger charge is -2.25. The smallest absolute Gasteiger partial charge is 0.0540 e. The van der Waals surface area contributed by atoms with Crippen molar-refractivity contribution in [3.8, 4) is 0 Å². The summed E-state index contributed by atoms with van der Waals surface area (Å²) >= 11 is 0. The molecule has 1 fully saturated rings. The molecule has 2 nitrogen and oxygen atoms in total. The number of aryl methyl sites for hydroxylation is 2. The monoisotopic (exact) mass is 233 g/mol. The van der Waals surface area contributed by atoms with Crippen molar-refractivity contribution < 1.29 is 5.11 Å². The fourth-order valence-corrected chi connectivity index (χ4v) is 2.46. The third-order valence-electron chi connectivity index (χ3n) is 3.92. The molecule has 0 bridgehead atoms. The molecular formula is C15H23NO. The third kappa shape index (κ3) is 3.47. The molecule has 0 spiro atoms. The Balaban J connectivity index is 1.83. The third-order valence-corrected chi connectivity index (χ3v) is 3.92. The summed E-state index contributed by atoms with van der Waals surface area (Å²) in [6, 6.07) is 6.54. The maximum Gasteiger partial charge on any atom is 0.0540 e. The van der Waals surface area contributed by atoms with Crippen LogP contribution in [0.2, 0.25) is 0 Å². The molecule has 1 aromatic rings. The standard InChI is InChI=1S/C15H23NO/c1-11-3-6-14(9-12(11)2)16-10-13-4-7-15(17)8-5-13/h3,6,9,13,15-17H,4-5,7-8,10H2,1-2H3. The maximum absolute atomic E-state index is 9.46. The number of anilines is 1. The average molecular weight is 233 g/mol. The van der Waals surface area contributed by atoms with Crippen molar-refractivity contribution in [3.05, 3.63) is 29.3 Å². The van der Waals surface area contributed by atoms with Crippen LogP contribution in [0.4, 0.5) is 5.69 Å². The summed E-state index contributed by atoms with van der Waals surface area (Å²) in [5, 5.41) is 13.0. The van der Waals surface area contributed by atoms with Gasteiger partial charge in [0, 0.05) is 12.2 Å². The van der Waals surface area contributed by atoms with E-state index in [9.17, 15) is 5.11 Å². The van der Waals surface area contributed by atoms with Crippen LogP contribution in [0.15, 0.2) is 18.2 Å². The van der Waals surface area contributed by atoms with Gasteiger partial charge < -0.3 is 10.4 Å². The molecule has 2 heteroatoms. The Bertz CT molecular complexity index is 367. The molecule has 1 saturated carbocycles. The maximum atomic E-state index is 9.46. The highest BCUT2D eigenvalue weighted by molar-refractivity contribution is 5.48. The van der Waals surface area contributed by atoms with E-state index >= 15 is 0 Å². The molecule has 0 heterocycles. The summed E-state index contributed by atoms with van der Waals surface area (Å²) in [6.45, 7) is 5.33. The number of nitrogens with one attached hydrogen (secondary N) is 1. The summed E-state index contributed by atoms with van der Waals surface area (Å²) in [7, 11) is 0. The van der Waals surface area contributed by atoms with Gasteiger partial charge in [-0.2, -0.15) is 0 Å². The molecule has 0 aromatic heterocycles. The van der Waals surface area contributed by atoms with Crippen LogP contribution in [-0.2, 0) is 0 Å². The van der Waals surface area contributed by atoms with Crippen molar-refractivity contribution in [3.63, 3.8) is 0 Å². The first-order valence-electron chi connectivity index (χ1n) is 6.64. The van der Waals surface area contributed by atoms with Crippen LogP contribution in [0, 0.1) is 19.8 Å². The van der Waals surface area contributed by atoms with Gasteiger partial charge in [-0.3, -0.25) is 0 Å². The fraction of sp³-hybridized carbons (Fsp3) is 0.600. The minimum atomic E-state index is -0.0483. The van der Waals surface area contributed by atoms with Gasteiger partial charge in [0.1, 0.15) is 0 Å². The van der Waals surface area contributed by atoms with Gasteiger partial charge >= 0.3 is 0 Å². The van der Waals surface area contributed by atoms with Gasteiger partial charge in [-0.05, 0) is 68.7 Å². The second-order valence-corrected chi connectivity index (χ2v) is 5.35. The largest absolute Gasteiger partial charge is 0.393 e. The van der Waals surface area contributed by atoms with E-state index in [4.69, 9.17) is 0 Å². The normalized spacial score (nSPS) is 24.6. The highest BCUT2D eigenvalue weighted by Gasteiger charge is 2.18. The van der Waals surface area contributed by atoms with Crippen LogP contribution in [0.1, 0.15) is 36.8 Å². The van der Waals surface area contributed by atoms with Crippen molar-refractivity contribution in [2.24, 2.45) is 5.92 Å². The summed E-state index contributed by atoms with van der Waals surface area (Å²) in [6.07, 6.45) is 4.20. The van der Waals surface area contributed by atoms with Crippen LogP contribution in [0.25, 0.3) is 0 Å². The number of benzene rings is 1. The van der Waals surface area contributed by atoms with Gasteiger partial charge in [0.2, 0.25) is 0 Å². The Labute approximate surface area is 104 Å². The van der Waals surface area contributed by atoms with Gasteiger partial charge in [-0.25, -0.2) is 0 Å². The predicted octanol–water partition coefficient (Wildman–Crippen LogP) is 3.27. The van der Waals surface area contributed by atoms with Crippen LogP contribution < -0.4 is 5.32 Å². The molecular weight excluding hydrogens is 210 g/mol. The molecule has 17 heavy (non-hydrogen) atoms. The number of aliphatic hydroxyl groups excluding tert-OH is 1. The highest BCUT2D eigenvalue weighted by Crippen LogP contribution is 2.24. The topological polar surface area (TPSA) is 32.3 Å². The lowest BCUT2D eigenvalue weighted by atomic mass is 9.87. The van der Waals surface area contributed by atoms with Crippen molar-refractivity contribution in [2.75, 3.05) is 11.9 Å². The van der Waals surface area contributed by atoms with E-state index in [0.717, 1.165) is 38.1 Å². The van der Waals surface area contributed by atoms with Crippen molar-refractivity contribution in [1.29, 1.82) is 0 Å². The molecule has 1 aliphatic rings. The Morgan fingerprint density at radius 2 is 1.82 bits per heavy atom. The first-order valence-corrected chi connectivity index (χ1v) is 6.64. The van der Waals surface area contributed by atoms with E-state index in [0.29, 0.717) is 0 Å². The molecule has 0 unspecified atom stereocenters. The van der Waals surface area contributed by atoms with Gasteiger partial charge in [0.05, 0.1) is 6.10 Å². The van der Waals surface area contributed by atoms with E-state index in [1.54, 1.807) is 0 Å². The number of hydrogen-bond acceptors (Lipinski definition) is 2. The Hall–Kier alpha value is -1.02. The van der Waals surface area contributed by atoms with Crippen molar-refractivity contribution in [1.82, 2.24) is 0 Å². The number of aliphatic hydroxyl groups is 1. The molecule has 0 radical (unpaired) electrons. The van der Waals surface area contributed by atoms with Crippen LogP contribution >= 0.6 is 0 Å². The first kappa shape index (κ1) is 12.4. The minimum absolute atomic E-state index is 0.0483. The lowest BCUT2D eigenvalue weighted by Crippen LogP contribution is -2.23. The van der Waals surface area contributed by atoms with E-state index in [2.05, 4.69) is 37.4 Å². The molecule has 2 rings (SSSR count). The summed E-state index contributed by atoms with van der Waals surface area (Å²) in [5.41, 5.74) is 3.91. The minimum Gasteiger partial charge on any atom is -0.393 e. The molecule has 0 saturated heterocycles. The highest BCUT2D eigenvalue weighted by atomic mass is 16.3. The van der Waals surface area contributed by atoms with Crippen molar-refractivity contribution in [2.45, 2.75) is 45.6 Å². The van der Waals surface area contributed by atoms with Gasteiger partial charge in [-0.1, -0.05) is 6.07 Å². The van der Waals surface area contributed by atoms with Crippen molar-refractivity contribution >= 4 is 5.69 Å². The van der Waals surface area contributed by atoms with E-state index in [-0.39, 0.29) is 6.10 Å². The van der Waals surface area contributed by atoms with Crippen LogP contribution in [0.3, 0.4) is 0 Å². The zero-order valence-corrected chi connectivity index (χ0v) is 10.9. The van der Waals surface area contributed by atoms with Crippen LogP contribution in [-0.4, -0.2) is 17.8 Å².